The fourth-order valence-corrected chi connectivity index (χ4v) is 3.20. The molecule has 2 aromatic rings. The summed E-state index contributed by atoms with van der Waals surface area (Å²) in [7, 11) is 2.19. The monoisotopic (exact) mass is 368 g/mol. The van der Waals surface area contributed by atoms with Gasteiger partial charge in [0.25, 0.3) is 0 Å². The van der Waals surface area contributed by atoms with Crippen molar-refractivity contribution in [2.45, 2.75) is 12.8 Å². The van der Waals surface area contributed by atoms with Crippen molar-refractivity contribution >= 4 is 12.2 Å². The van der Waals surface area contributed by atoms with Gasteiger partial charge in [-0.2, -0.15) is 0 Å². The molecule has 0 spiro atoms. The summed E-state index contributed by atoms with van der Waals surface area (Å²) in [6.45, 7) is 6.58. The normalized spacial score (nSPS) is 16.1. The van der Waals surface area contributed by atoms with E-state index in [0.29, 0.717) is 0 Å². The standard InChI is InChI=1S/C23H29FN2O/c1-25-15-17-26(18-16-25)14-4-5-19-27-23-7-3-2-6-21(23)11-8-20-9-12-22(24)13-10-20/h2-3,6-13H,4-5,14-19H2,1H3. The second-order valence-corrected chi connectivity index (χ2v) is 7.12. The summed E-state index contributed by atoms with van der Waals surface area (Å²) < 4.78 is 19.0. The highest BCUT2D eigenvalue weighted by Gasteiger charge is 2.12. The predicted molar refractivity (Wildman–Crippen MR) is 110 cm³/mol. The Hall–Kier alpha value is -2.17. The molecule has 1 fully saturated rings. The van der Waals surface area contributed by atoms with Crippen molar-refractivity contribution < 1.29 is 9.13 Å². The molecule has 3 rings (SSSR count). The molecule has 0 unspecified atom stereocenters. The third-order valence-electron chi connectivity index (χ3n) is 4.97. The van der Waals surface area contributed by atoms with Crippen LogP contribution in [-0.4, -0.2) is 56.2 Å². The summed E-state index contributed by atoms with van der Waals surface area (Å²) in [4.78, 5) is 4.93. The minimum atomic E-state index is -0.215. The first kappa shape index (κ1) is 19.6. The predicted octanol–water partition coefficient (Wildman–Crippen LogP) is 4.40. The first-order valence-corrected chi connectivity index (χ1v) is 9.77. The molecular formula is C23H29FN2O. The van der Waals surface area contributed by atoms with Crippen LogP contribution in [0.4, 0.5) is 4.39 Å². The molecular weight excluding hydrogens is 339 g/mol. The molecule has 27 heavy (non-hydrogen) atoms. The molecule has 1 aliphatic heterocycles. The number of benzene rings is 2. The van der Waals surface area contributed by atoms with Crippen molar-refractivity contribution in [1.29, 1.82) is 0 Å². The number of piperazine rings is 1. The Kier molecular flexibility index (Phi) is 7.43. The van der Waals surface area contributed by atoms with Crippen LogP contribution < -0.4 is 4.74 Å². The van der Waals surface area contributed by atoms with Gasteiger partial charge in [0.05, 0.1) is 6.61 Å². The molecule has 0 N–H and O–H groups in total. The number of unbranched alkanes of at least 4 members (excludes halogenated alkanes) is 1. The third-order valence-corrected chi connectivity index (χ3v) is 4.97. The number of hydrogen-bond donors (Lipinski definition) is 0. The lowest BCUT2D eigenvalue weighted by molar-refractivity contribution is 0.150. The Morgan fingerprint density at radius 3 is 2.44 bits per heavy atom. The van der Waals surface area contributed by atoms with Gasteiger partial charge in [0.1, 0.15) is 11.6 Å². The van der Waals surface area contributed by atoms with E-state index < -0.39 is 0 Å². The topological polar surface area (TPSA) is 15.7 Å². The van der Waals surface area contributed by atoms with E-state index >= 15 is 0 Å². The number of para-hydroxylation sites is 1. The van der Waals surface area contributed by atoms with Gasteiger partial charge in [0.15, 0.2) is 0 Å². The molecule has 4 heteroatoms. The van der Waals surface area contributed by atoms with Crippen LogP contribution in [0.1, 0.15) is 24.0 Å². The molecule has 2 aromatic carbocycles. The first-order chi connectivity index (χ1) is 13.2. The van der Waals surface area contributed by atoms with Crippen LogP contribution in [0.2, 0.25) is 0 Å². The van der Waals surface area contributed by atoms with Crippen molar-refractivity contribution in [3.05, 3.63) is 65.5 Å². The fraction of sp³-hybridized carbons (Fsp3) is 0.391. The van der Waals surface area contributed by atoms with E-state index in [1.165, 1.54) is 38.3 Å². The average Bonchev–Trinajstić information content (AvgIpc) is 2.69. The number of rotatable bonds is 8. The van der Waals surface area contributed by atoms with Crippen molar-refractivity contribution in [3.63, 3.8) is 0 Å². The number of halogens is 1. The minimum Gasteiger partial charge on any atom is -0.493 e. The van der Waals surface area contributed by atoms with Crippen LogP contribution in [0.5, 0.6) is 5.75 Å². The van der Waals surface area contributed by atoms with E-state index in [-0.39, 0.29) is 5.82 Å². The zero-order valence-electron chi connectivity index (χ0n) is 16.1. The molecule has 144 valence electrons. The lowest BCUT2D eigenvalue weighted by atomic mass is 10.1. The molecule has 1 aliphatic rings. The Morgan fingerprint density at radius 2 is 1.67 bits per heavy atom. The van der Waals surface area contributed by atoms with Gasteiger partial charge in [-0.3, -0.25) is 0 Å². The van der Waals surface area contributed by atoms with Gasteiger partial charge in [0.2, 0.25) is 0 Å². The van der Waals surface area contributed by atoms with Crippen LogP contribution in [0.15, 0.2) is 48.5 Å². The van der Waals surface area contributed by atoms with Crippen LogP contribution >= 0.6 is 0 Å². The van der Waals surface area contributed by atoms with E-state index in [0.717, 1.165) is 42.9 Å². The zero-order valence-corrected chi connectivity index (χ0v) is 16.1. The molecule has 0 aromatic heterocycles. The molecule has 0 aliphatic carbocycles. The number of hydrogen-bond acceptors (Lipinski definition) is 3. The van der Waals surface area contributed by atoms with Crippen LogP contribution in [-0.2, 0) is 0 Å². The van der Waals surface area contributed by atoms with E-state index in [2.05, 4.69) is 16.8 Å². The maximum Gasteiger partial charge on any atom is 0.126 e. The van der Waals surface area contributed by atoms with Crippen molar-refractivity contribution in [2.24, 2.45) is 0 Å². The summed E-state index contributed by atoms with van der Waals surface area (Å²) in [5.41, 5.74) is 2.01. The maximum atomic E-state index is 13.0. The van der Waals surface area contributed by atoms with Gasteiger partial charge in [-0.1, -0.05) is 42.5 Å². The smallest absolute Gasteiger partial charge is 0.126 e. The Balaban J connectivity index is 1.44. The minimum absolute atomic E-state index is 0.215. The fourth-order valence-electron chi connectivity index (χ4n) is 3.20. The quantitative estimate of drug-likeness (QED) is 0.507. The Bertz CT molecular complexity index is 721. The third kappa shape index (κ3) is 6.49. The SMILES string of the molecule is CN1CCN(CCCCOc2ccccc2C=Cc2ccc(F)cc2)CC1. The van der Waals surface area contributed by atoms with E-state index in [1.54, 1.807) is 12.1 Å². The lowest BCUT2D eigenvalue weighted by Gasteiger charge is -2.32. The summed E-state index contributed by atoms with van der Waals surface area (Å²) in [5, 5.41) is 0. The Morgan fingerprint density at radius 1 is 0.926 bits per heavy atom. The number of nitrogens with zero attached hydrogens (tertiary/aromatic N) is 2. The van der Waals surface area contributed by atoms with Gasteiger partial charge in [-0.25, -0.2) is 4.39 Å². The van der Waals surface area contributed by atoms with Gasteiger partial charge < -0.3 is 14.5 Å². The van der Waals surface area contributed by atoms with Gasteiger partial charge in [-0.05, 0) is 50.2 Å². The van der Waals surface area contributed by atoms with Crippen molar-refractivity contribution in [3.8, 4) is 5.75 Å². The molecule has 1 saturated heterocycles. The number of likely N-dealkylation sites (N-methyl/N-ethyl adjacent to an activating group) is 1. The molecule has 0 radical (unpaired) electrons. The maximum absolute atomic E-state index is 13.0. The summed E-state index contributed by atoms with van der Waals surface area (Å²) >= 11 is 0. The summed E-state index contributed by atoms with van der Waals surface area (Å²) in [6.07, 6.45) is 6.22. The van der Waals surface area contributed by atoms with Crippen molar-refractivity contribution in [1.82, 2.24) is 9.80 Å². The van der Waals surface area contributed by atoms with E-state index in [1.807, 2.05) is 36.4 Å². The average molecular weight is 368 g/mol. The van der Waals surface area contributed by atoms with E-state index in [9.17, 15) is 4.39 Å². The van der Waals surface area contributed by atoms with Crippen LogP contribution in [0, 0.1) is 5.82 Å². The highest BCUT2D eigenvalue weighted by Crippen LogP contribution is 2.21. The van der Waals surface area contributed by atoms with Crippen molar-refractivity contribution in [2.75, 3.05) is 46.4 Å². The molecule has 0 saturated carbocycles. The second-order valence-electron chi connectivity index (χ2n) is 7.12. The van der Waals surface area contributed by atoms with Gasteiger partial charge in [0, 0.05) is 31.7 Å². The summed E-state index contributed by atoms with van der Waals surface area (Å²) in [5.74, 6) is 0.683. The van der Waals surface area contributed by atoms with Gasteiger partial charge in [-0.15, -0.1) is 0 Å². The van der Waals surface area contributed by atoms with Crippen LogP contribution in [0.3, 0.4) is 0 Å². The van der Waals surface area contributed by atoms with Gasteiger partial charge >= 0.3 is 0 Å². The Labute approximate surface area is 162 Å². The van der Waals surface area contributed by atoms with Crippen LogP contribution in [0.25, 0.3) is 12.2 Å². The zero-order chi connectivity index (χ0) is 18.9. The number of ether oxygens (including phenoxy) is 1. The highest BCUT2D eigenvalue weighted by atomic mass is 19.1. The molecule has 1 heterocycles. The molecule has 0 amide bonds. The lowest BCUT2D eigenvalue weighted by Crippen LogP contribution is -2.44. The molecule has 0 atom stereocenters. The molecule has 3 nitrogen and oxygen atoms in total. The summed E-state index contributed by atoms with van der Waals surface area (Å²) in [6, 6.07) is 14.5. The molecule has 0 bridgehead atoms. The van der Waals surface area contributed by atoms with E-state index in [4.69, 9.17) is 4.74 Å². The largest absolute Gasteiger partial charge is 0.493 e. The highest BCUT2D eigenvalue weighted by molar-refractivity contribution is 5.72. The second kappa shape index (κ2) is 10.2. The first-order valence-electron chi connectivity index (χ1n) is 9.77.